The van der Waals surface area contributed by atoms with E-state index < -0.39 is 0 Å². The Morgan fingerprint density at radius 1 is 1.14 bits per heavy atom. The summed E-state index contributed by atoms with van der Waals surface area (Å²) in [5.41, 5.74) is 3.95. The molecule has 0 aliphatic heterocycles. The Labute approximate surface area is 128 Å². The fourth-order valence-electron chi connectivity index (χ4n) is 2.25. The number of aromatic nitrogens is 2. The number of hydrogen-bond donors (Lipinski definition) is 0. The van der Waals surface area contributed by atoms with Gasteiger partial charge >= 0.3 is 0 Å². The third-order valence-corrected chi connectivity index (χ3v) is 3.53. The summed E-state index contributed by atoms with van der Waals surface area (Å²) in [5, 5.41) is 1.12. The van der Waals surface area contributed by atoms with Gasteiger partial charge in [0.2, 0.25) is 0 Å². The topological polar surface area (TPSA) is 35.0 Å². The van der Waals surface area contributed by atoms with Crippen LogP contribution in [0.3, 0.4) is 0 Å². The molecule has 3 aromatic rings. The smallest absolute Gasteiger partial charge is 0.138 e. The summed E-state index contributed by atoms with van der Waals surface area (Å²) in [5.74, 6) is 1.15. The van der Waals surface area contributed by atoms with E-state index in [4.69, 9.17) is 16.3 Å². The molecule has 0 atom stereocenters. The maximum atomic E-state index is 5.82. The fourth-order valence-corrected chi connectivity index (χ4v) is 2.41. The van der Waals surface area contributed by atoms with Crippen LogP contribution in [0, 0.1) is 6.92 Å². The lowest BCUT2D eigenvalue weighted by Crippen LogP contribution is -1.99. The molecule has 0 N–H and O–H groups in total. The maximum absolute atomic E-state index is 5.82. The van der Waals surface area contributed by atoms with Gasteiger partial charge < -0.3 is 4.74 Å². The summed E-state index contributed by atoms with van der Waals surface area (Å²) in [6.45, 7) is 2.48. The summed E-state index contributed by atoms with van der Waals surface area (Å²) in [4.78, 5) is 8.75. The van der Waals surface area contributed by atoms with Gasteiger partial charge in [-0.05, 0) is 31.2 Å². The van der Waals surface area contributed by atoms with E-state index in [9.17, 15) is 0 Å². The van der Waals surface area contributed by atoms with E-state index >= 15 is 0 Å². The number of rotatable bonds is 4. The van der Waals surface area contributed by atoms with Crippen LogP contribution in [0.2, 0.25) is 0 Å². The Kier molecular flexibility index (Phi) is 4.02. The standard InChI is InChI=1S/C17H15ClN2O/c1-12-8-13(16-4-2-3-5-17(16)20-12)11-21-15-7-6-14(9-18)19-10-15/h2-8,10H,9,11H2,1H3. The number of fused-ring (bicyclic) bond motifs is 1. The molecule has 3 rings (SSSR count). The van der Waals surface area contributed by atoms with Crippen LogP contribution in [0.15, 0.2) is 48.7 Å². The van der Waals surface area contributed by atoms with E-state index in [0.717, 1.165) is 33.6 Å². The van der Waals surface area contributed by atoms with Crippen LogP contribution >= 0.6 is 11.6 Å². The SMILES string of the molecule is Cc1cc(COc2ccc(CCl)nc2)c2ccccc2n1. The van der Waals surface area contributed by atoms with Crippen molar-refractivity contribution in [2.75, 3.05) is 0 Å². The molecular formula is C17H15ClN2O. The molecule has 0 unspecified atom stereocenters. The molecule has 4 heteroatoms. The lowest BCUT2D eigenvalue weighted by molar-refractivity contribution is 0.306. The Bertz CT molecular complexity index is 756. The largest absolute Gasteiger partial charge is 0.487 e. The van der Waals surface area contributed by atoms with E-state index in [1.165, 1.54) is 0 Å². The summed E-state index contributed by atoms with van der Waals surface area (Å²) < 4.78 is 5.82. The van der Waals surface area contributed by atoms with Crippen molar-refractivity contribution in [2.24, 2.45) is 0 Å². The van der Waals surface area contributed by atoms with Gasteiger partial charge in [0, 0.05) is 16.6 Å². The van der Waals surface area contributed by atoms with Gasteiger partial charge in [0.05, 0.1) is 23.3 Å². The number of hydrogen-bond acceptors (Lipinski definition) is 3. The number of alkyl halides is 1. The summed E-state index contributed by atoms with van der Waals surface area (Å²) in [7, 11) is 0. The Balaban J connectivity index is 1.84. The van der Waals surface area contributed by atoms with Crippen molar-refractivity contribution < 1.29 is 4.74 Å². The normalized spacial score (nSPS) is 10.8. The molecule has 3 nitrogen and oxygen atoms in total. The van der Waals surface area contributed by atoms with Crippen LogP contribution in [0.1, 0.15) is 17.0 Å². The quantitative estimate of drug-likeness (QED) is 0.675. The van der Waals surface area contributed by atoms with Crippen molar-refractivity contribution in [3.63, 3.8) is 0 Å². The molecular weight excluding hydrogens is 284 g/mol. The van der Waals surface area contributed by atoms with Gasteiger partial charge in [0.1, 0.15) is 12.4 Å². The number of para-hydroxylation sites is 1. The van der Waals surface area contributed by atoms with Gasteiger partial charge in [-0.25, -0.2) is 0 Å². The molecule has 1 aromatic carbocycles. The zero-order valence-electron chi connectivity index (χ0n) is 11.7. The monoisotopic (exact) mass is 298 g/mol. The number of aryl methyl sites for hydroxylation is 1. The van der Waals surface area contributed by atoms with Crippen LogP contribution in [-0.2, 0) is 12.5 Å². The van der Waals surface area contributed by atoms with Crippen molar-refractivity contribution >= 4 is 22.5 Å². The van der Waals surface area contributed by atoms with Gasteiger partial charge in [-0.1, -0.05) is 18.2 Å². The Morgan fingerprint density at radius 2 is 2.00 bits per heavy atom. The predicted octanol–water partition coefficient (Wildman–Crippen LogP) is 4.26. The lowest BCUT2D eigenvalue weighted by atomic mass is 10.1. The average molecular weight is 299 g/mol. The third-order valence-electron chi connectivity index (χ3n) is 3.26. The number of pyridine rings is 2. The molecule has 0 fully saturated rings. The highest BCUT2D eigenvalue weighted by atomic mass is 35.5. The molecule has 0 saturated heterocycles. The van der Waals surface area contributed by atoms with Crippen LogP contribution in [-0.4, -0.2) is 9.97 Å². The third kappa shape index (κ3) is 3.14. The maximum Gasteiger partial charge on any atom is 0.138 e. The van der Waals surface area contributed by atoms with Gasteiger partial charge in [0.25, 0.3) is 0 Å². The predicted molar refractivity (Wildman–Crippen MR) is 84.6 cm³/mol. The minimum Gasteiger partial charge on any atom is -0.487 e. The highest BCUT2D eigenvalue weighted by Crippen LogP contribution is 2.20. The zero-order chi connectivity index (χ0) is 14.7. The molecule has 21 heavy (non-hydrogen) atoms. The first-order chi connectivity index (χ1) is 10.3. The molecule has 106 valence electrons. The first-order valence-corrected chi connectivity index (χ1v) is 7.28. The second-order valence-electron chi connectivity index (χ2n) is 4.85. The minimum atomic E-state index is 0.411. The van der Waals surface area contributed by atoms with Crippen LogP contribution < -0.4 is 4.74 Å². The van der Waals surface area contributed by atoms with Crippen molar-refractivity contribution in [1.29, 1.82) is 0 Å². The van der Waals surface area contributed by atoms with Crippen LogP contribution in [0.4, 0.5) is 0 Å². The van der Waals surface area contributed by atoms with E-state index in [2.05, 4.69) is 22.1 Å². The van der Waals surface area contributed by atoms with Crippen molar-refractivity contribution in [3.8, 4) is 5.75 Å². The fraction of sp³-hybridized carbons (Fsp3) is 0.176. The van der Waals surface area contributed by atoms with Crippen LogP contribution in [0.5, 0.6) is 5.75 Å². The van der Waals surface area contributed by atoms with Gasteiger partial charge in [-0.15, -0.1) is 11.6 Å². The highest BCUT2D eigenvalue weighted by Gasteiger charge is 2.05. The number of nitrogens with zero attached hydrogens (tertiary/aromatic N) is 2. The first-order valence-electron chi connectivity index (χ1n) is 6.75. The Hall–Kier alpha value is -2.13. The number of benzene rings is 1. The summed E-state index contributed by atoms with van der Waals surface area (Å²) in [6, 6.07) is 13.9. The number of ether oxygens (including phenoxy) is 1. The second-order valence-corrected chi connectivity index (χ2v) is 5.11. The van der Waals surface area contributed by atoms with Gasteiger partial charge in [0.15, 0.2) is 0 Å². The zero-order valence-corrected chi connectivity index (χ0v) is 12.5. The first kappa shape index (κ1) is 13.8. The molecule has 0 saturated carbocycles. The molecule has 0 aliphatic rings. The minimum absolute atomic E-state index is 0.411. The van der Waals surface area contributed by atoms with Crippen molar-refractivity contribution in [3.05, 3.63) is 65.6 Å². The molecule has 0 amide bonds. The number of halogens is 1. The van der Waals surface area contributed by atoms with E-state index in [1.807, 2.05) is 37.3 Å². The van der Waals surface area contributed by atoms with Crippen molar-refractivity contribution in [2.45, 2.75) is 19.4 Å². The Morgan fingerprint density at radius 3 is 2.76 bits per heavy atom. The lowest BCUT2D eigenvalue weighted by Gasteiger charge is -2.10. The summed E-state index contributed by atoms with van der Waals surface area (Å²) >= 11 is 5.72. The molecule has 0 spiro atoms. The highest BCUT2D eigenvalue weighted by molar-refractivity contribution is 6.16. The average Bonchev–Trinajstić information content (AvgIpc) is 2.53. The molecule has 0 aliphatic carbocycles. The molecule has 0 bridgehead atoms. The van der Waals surface area contributed by atoms with E-state index in [1.54, 1.807) is 6.20 Å². The van der Waals surface area contributed by atoms with E-state index in [-0.39, 0.29) is 0 Å². The summed E-state index contributed by atoms with van der Waals surface area (Å²) in [6.07, 6.45) is 1.70. The molecule has 2 aromatic heterocycles. The van der Waals surface area contributed by atoms with Gasteiger partial charge in [-0.2, -0.15) is 0 Å². The molecule has 2 heterocycles. The molecule has 0 radical (unpaired) electrons. The van der Waals surface area contributed by atoms with Gasteiger partial charge in [-0.3, -0.25) is 9.97 Å². The van der Waals surface area contributed by atoms with Crippen LogP contribution in [0.25, 0.3) is 10.9 Å². The van der Waals surface area contributed by atoms with Crippen molar-refractivity contribution in [1.82, 2.24) is 9.97 Å². The second kappa shape index (κ2) is 6.10. The van der Waals surface area contributed by atoms with E-state index in [0.29, 0.717) is 12.5 Å².